The number of imidazole rings is 2. The third-order valence-corrected chi connectivity index (χ3v) is 5.45. The Kier molecular flexibility index (Phi) is 4.51. The molecule has 0 saturated carbocycles. The average molecular weight is 369 g/mol. The molecule has 1 fully saturated rings. The van der Waals surface area contributed by atoms with Crippen molar-refractivity contribution in [3.05, 3.63) is 84.9 Å². The van der Waals surface area contributed by atoms with Crippen molar-refractivity contribution >= 4 is 0 Å². The van der Waals surface area contributed by atoms with Gasteiger partial charge in [-0.15, -0.1) is 0 Å². The lowest BCUT2D eigenvalue weighted by Gasteiger charge is -2.18. The lowest BCUT2D eigenvalue weighted by atomic mass is 10.1. The van der Waals surface area contributed by atoms with Crippen molar-refractivity contribution in [3.8, 4) is 22.8 Å². The van der Waals surface area contributed by atoms with Crippen LogP contribution in [0.2, 0.25) is 0 Å². The van der Waals surface area contributed by atoms with E-state index in [1.165, 1.54) is 5.56 Å². The Labute approximate surface area is 164 Å². The van der Waals surface area contributed by atoms with Gasteiger partial charge in [-0.2, -0.15) is 0 Å². The number of H-pyrrole nitrogens is 1. The van der Waals surface area contributed by atoms with Crippen molar-refractivity contribution in [2.24, 2.45) is 0 Å². The molecule has 1 atom stereocenters. The third kappa shape index (κ3) is 3.25. The molecule has 28 heavy (non-hydrogen) atoms. The van der Waals surface area contributed by atoms with Gasteiger partial charge in [-0.1, -0.05) is 60.7 Å². The normalized spacial score (nSPS) is 17.2. The zero-order valence-corrected chi connectivity index (χ0v) is 15.7. The Hall–Kier alpha value is -3.18. The summed E-state index contributed by atoms with van der Waals surface area (Å²) in [6.07, 6.45) is 6.78. The molecule has 5 heteroatoms. The van der Waals surface area contributed by atoms with Crippen molar-refractivity contribution in [1.82, 2.24) is 24.4 Å². The van der Waals surface area contributed by atoms with Crippen LogP contribution in [0.15, 0.2) is 79.4 Å². The van der Waals surface area contributed by atoms with Crippen LogP contribution in [0.1, 0.15) is 18.0 Å². The molecule has 2 aromatic carbocycles. The minimum atomic E-state index is 0.397. The average Bonchev–Trinajstić information content (AvgIpc) is 3.49. The third-order valence-electron chi connectivity index (χ3n) is 5.45. The smallest absolute Gasteiger partial charge is 0.156 e. The van der Waals surface area contributed by atoms with Crippen LogP contribution in [0.5, 0.6) is 0 Å². The van der Waals surface area contributed by atoms with E-state index in [4.69, 9.17) is 4.98 Å². The number of benzene rings is 2. The van der Waals surface area contributed by atoms with E-state index in [2.05, 4.69) is 74.0 Å². The topological polar surface area (TPSA) is 49.7 Å². The quantitative estimate of drug-likeness (QED) is 0.568. The van der Waals surface area contributed by atoms with Crippen molar-refractivity contribution in [2.75, 3.05) is 13.1 Å². The molecule has 1 N–H and O–H groups in total. The molecule has 140 valence electrons. The van der Waals surface area contributed by atoms with Crippen LogP contribution in [-0.4, -0.2) is 37.5 Å². The van der Waals surface area contributed by atoms with Crippen LogP contribution in [0.3, 0.4) is 0 Å². The number of likely N-dealkylation sites (tertiary alicyclic amines) is 1. The predicted molar refractivity (Wildman–Crippen MR) is 111 cm³/mol. The number of hydrogen-bond acceptors (Lipinski definition) is 3. The largest absolute Gasteiger partial charge is 0.343 e. The van der Waals surface area contributed by atoms with Gasteiger partial charge in [0, 0.05) is 43.6 Å². The summed E-state index contributed by atoms with van der Waals surface area (Å²) in [5.74, 6) is 0.873. The van der Waals surface area contributed by atoms with E-state index in [-0.39, 0.29) is 0 Å². The highest BCUT2D eigenvalue weighted by atomic mass is 15.2. The molecule has 0 unspecified atom stereocenters. The van der Waals surface area contributed by atoms with Crippen LogP contribution in [-0.2, 0) is 6.54 Å². The van der Waals surface area contributed by atoms with Crippen molar-refractivity contribution in [1.29, 1.82) is 0 Å². The first-order valence-electron chi connectivity index (χ1n) is 9.77. The van der Waals surface area contributed by atoms with Crippen LogP contribution in [0.4, 0.5) is 0 Å². The van der Waals surface area contributed by atoms with E-state index in [0.29, 0.717) is 6.04 Å². The Morgan fingerprint density at radius 3 is 2.50 bits per heavy atom. The van der Waals surface area contributed by atoms with E-state index in [9.17, 15) is 0 Å². The van der Waals surface area contributed by atoms with Gasteiger partial charge in [-0.3, -0.25) is 4.90 Å². The maximum atomic E-state index is 4.78. The Morgan fingerprint density at radius 1 is 0.964 bits per heavy atom. The molecule has 0 amide bonds. The Bertz CT molecular complexity index is 1020. The zero-order chi connectivity index (χ0) is 18.8. The summed E-state index contributed by atoms with van der Waals surface area (Å²) in [5.41, 5.74) is 4.54. The number of nitrogens with one attached hydrogen (secondary N) is 1. The first kappa shape index (κ1) is 17.0. The molecule has 1 saturated heterocycles. The highest BCUT2D eigenvalue weighted by Crippen LogP contribution is 2.34. The lowest BCUT2D eigenvalue weighted by Crippen LogP contribution is -2.21. The molecule has 4 aromatic rings. The molecule has 5 nitrogen and oxygen atoms in total. The maximum absolute atomic E-state index is 4.78. The fourth-order valence-electron chi connectivity index (χ4n) is 4.10. The Balaban J connectivity index is 1.45. The van der Waals surface area contributed by atoms with E-state index < -0.39 is 0 Å². The molecule has 3 heterocycles. The molecule has 0 radical (unpaired) electrons. The summed E-state index contributed by atoms with van der Waals surface area (Å²) in [4.78, 5) is 15.1. The van der Waals surface area contributed by atoms with E-state index >= 15 is 0 Å². The number of nitrogens with zero attached hydrogens (tertiary/aromatic N) is 4. The zero-order valence-electron chi connectivity index (χ0n) is 15.7. The van der Waals surface area contributed by atoms with E-state index in [1.807, 2.05) is 18.6 Å². The van der Waals surface area contributed by atoms with E-state index in [1.54, 1.807) is 6.20 Å². The van der Waals surface area contributed by atoms with Crippen LogP contribution in [0.25, 0.3) is 22.8 Å². The Morgan fingerprint density at radius 2 is 1.75 bits per heavy atom. The minimum Gasteiger partial charge on any atom is -0.343 e. The first-order valence-corrected chi connectivity index (χ1v) is 9.77. The predicted octanol–water partition coefficient (Wildman–Crippen LogP) is 4.39. The monoisotopic (exact) mass is 369 g/mol. The van der Waals surface area contributed by atoms with Crippen LogP contribution in [0, 0.1) is 0 Å². The van der Waals surface area contributed by atoms with Gasteiger partial charge in [0.25, 0.3) is 0 Å². The number of rotatable bonds is 5. The minimum absolute atomic E-state index is 0.397. The molecule has 0 aliphatic carbocycles. The van der Waals surface area contributed by atoms with Crippen molar-refractivity contribution < 1.29 is 0 Å². The van der Waals surface area contributed by atoms with Gasteiger partial charge >= 0.3 is 0 Å². The van der Waals surface area contributed by atoms with Gasteiger partial charge in [0.15, 0.2) is 5.82 Å². The molecule has 0 bridgehead atoms. The second-order valence-electron chi connectivity index (χ2n) is 7.32. The molecular formula is C23H23N5. The number of aromatic nitrogens is 4. The van der Waals surface area contributed by atoms with Gasteiger partial charge in [0.2, 0.25) is 0 Å². The lowest BCUT2D eigenvalue weighted by molar-refractivity contribution is 0.316. The standard InChI is InChI=1S/C23H23N5/c1-3-7-18(8-4-1)15-27-14-11-20(16-27)28-17-26-21(19-9-5-2-6-10-19)22(28)23-24-12-13-25-23/h1-10,12-13,17,20H,11,14-16H2,(H,24,25)/t20-/m0/s1. The van der Waals surface area contributed by atoms with Gasteiger partial charge < -0.3 is 9.55 Å². The van der Waals surface area contributed by atoms with Crippen molar-refractivity contribution in [2.45, 2.75) is 19.0 Å². The fourth-order valence-corrected chi connectivity index (χ4v) is 4.10. The summed E-state index contributed by atoms with van der Waals surface area (Å²) in [7, 11) is 0. The second-order valence-corrected chi connectivity index (χ2v) is 7.32. The highest BCUT2D eigenvalue weighted by molar-refractivity contribution is 5.75. The second kappa shape index (κ2) is 7.44. The molecule has 5 rings (SSSR count). The summed E-state index contributed by atoms with van der Waals surface area (Å²) < 4.78 is 2.31. The fraction of sp³-hybridized carbons (Fsp3) is 0.217. The highest BCUT2D eigenvalue weighted by Gasteiger charge is 2.28. The van der Waals surface area contributed by atoms with Gasteiger partial charge in [-0.25, -0.2) is 9.97 Å². The van der Waals surface area contributed by atoms with Gasteiger partial charge in [0.1, 0.15) is 5.69 Å². The summed E-state index contributed by atoms with van der Waals surface area (Å²) in [6, 6.07) is 21.4. The molecule has 1 aliphatic heterocycles. The van der Waals surface area contributed by atoms with E-state index in [0.717, 1.165) is 48.8 Å². The number of hydrogen-bond donors (Lipinski definition) is 1. The SMILES string of the molecule is c1ccc(CN2CC[C@H](n3cnc(-c4ccccc4)c3-c3ncc[nH]3)C2)cc1. The molecular weight excluding hydrogens is 346 g/mol. The summed E-state index contributed by atoms with van der Waals surface area (Å²) in [5, 5.41) is 0. The van der Waals surface area contributed by atoms with Crippen LogP contribution >= 0.6 is 0 Å². The summed E-state index contributed by atoms with van der Waals surface area (Å²) >= 11 is 0. The van der Waals surface area contributed by atoms with Crippen LogP contribution < -0.4 is 0 Å². The molecule has 0 spiro atoms. The molecule has 2 aromatic heterocycles. The van der Waals surface area contributed by atoms with Crippen molar-refractivity contribution in [3.63, 3.8) is 0 Å². The number of aromatic amines is 1. The van der Waals surface area contributed by atoms with Gasteiger partial charge in [0.05, 0.1) is 12.0 Å². The molecule has 1 aliphatic rings. The van der Waals surface area contributed by atoms with Gasteiger partial charge in [-0.05, 0) is 12.0 Å². The maximum Gasteiger partial charge on any atom is 0.156 e. The first-order chi connectivity index (χ1) is 13.9. The summed E-state index contributed by atoms with van der Waals surface area (Å²) in [6.45, 7) is 3.11.